The highest BCUT2D eigenvalue weighted by Crippen LogP contribution is 2.45. The monoisotopic (exact) mass is 519 g/mol. The molecular formula is C22H21N3O6S3. The number of carbonyl (C=O) groups is 4. The third kappa shape index (κ3) is 5.29. The number of nitrogens with zero attached hydrogens (tertiary/aromatic N) is 2. The maximum atomic E-state index is 12.8. The summed E-state index contributed by atoms with van der Waals surface area (Å²) in [7, 11) is 1.33. The van der Waals surface area contributed by atoms with Crippen molar-refractivity contribution < 1.29 is 29.0 Å². The Morgan fingerprint density at radius 3 is 2.76 bits per heavy atom. The van der Waals surface area contributed by atoms with Gasteiger partial charge in [0, 0.05) is 22.5 Å². The molecule has 1 fully saturated rings. The van der Waals surface area contributed by atoms with Crippen molar-refractivity contribution in [3.63, 3.8) is 0 Å². The molecule has 0 spiro atoms. The average molecular weight is 520 g/mol. The lowest BCUT2D eigenvalue weighted by Crippen LogP contribution is -2.70. The number of β-lactam (4-membered cyclic amide) rings is 1. The van der Waals surface area contributed by atoms with Crippen molar-refractivity contribution in [3.8, 4) is 0 Å². The van der Waals surface area contributed by atoms with Crippen LogP contribution >= 0.6 is 34.9 Å². The molecule has 0 radical (unpaired) electrons. The Morgan fingerprint density at radius 2 is 2.06 bits per heavy atom. The van der Waals surface area contributed by atoms with Gasteiger partial charge < -0.3 is 15.2 Å². The van der Waals surface area contributed by atoms with Gasteiger partial charge in [-0.05, 0) is 5.56 Å². The smallest absolute Gasteiger partial charge is 0.353 e. The lowest BCUT2D eigenvalue weighted by molar-refractivity contribution is -0.150. The van der Waals surface area contributed by atoms with Crippen LogP contribution in [0.25, 0.3) is 0 Å². The first-order valence-electron chi connectivity index (χ1n) is 10.3. The molecule has 1 aromatic carbocycles. The van der Waals surface area contributed by atoms with Gasteiger partial charge in [0.05, 0.1) is 25.6 Å². The zero-order valence-electron chi connectivity index (χ0n) is 18.1. The number of ether oxygens (including phenoxy) is 1. The minimum Gasteiger partial charge on any atom is -0.477 e. The molecule has 2 amide bonds. The van der Waals surface area contributed by atoms with Gasteiger partial charge in [0.15, 0.2) is 4.34 Å². The molecule has 12 heteroatoms. The first-order chi connectivity index (χ1) is 16.4. The molecule has 2 aliphatic rings. The van der Waals surface area contributed by atoms with Crippen LogP contribution in [0, 0.1) is 0 Å². The topological polar surface area (TPSA) is 126 Å². The number of esters is 1. The van der Waals surface area contributed by atoms with E-state index < -0.39 is 23.3 Å². The number of carbonyl (C=O) groups excluding carboxylic acids is 3. The fourth-order valence-electron chi connectivity index (χ4n) is 3.56. The van der Waals surface area contributed by atoms with Crippen molar-refractivity contribution in [2.24, 2.45) is 0 Å². The summed E-state index contributed by atoms with van der Waals surface area (Å²) >= 11 is 3.97. The quantitative estimate of drug-likeness (QED) is 0.379. The standard InChI is InChI=1S/C22H21N3O6S3/c1-31-16(27)8-7-13-10-33-22(23-13)34-14-11-32-20-17(19(28)25(20)18(14)21(29)30)24-15(26)9-12-5-3-2-4-6-12/h2-6,10,17,20H,7-9,11H2,1H3,(H,24,26)(H,29,30)/t17-,20+/m1/s1. The highest BCUT2D eigenvalue weighted by Gasteiger charge is 2.54. The summed E-state index contributed by atoms with van der Waals surface area (Å²) in [6.07, 6.45) is 0.790. The number of carboxylic acids is 1. The zero-order valence-corrected chi connectivity index (χ0v) is 20.5. The van der Waals surface area contributed by atoms with E-state index in [2.05, 4.69) is 15.0 Å². The molecule has 1 aromatic heterocycles. The largest absolute Gasteiger partial charge is 0.477 e. The van der Waals surface area contributed by atoms with Gasteiger partial charge in [0.25, 0.3) is 5.91 Å². The molecule has 4 rings (SSSR count). The predicted octanol–water partition coefficient (Wildman–Crippen LogP) is 2.28. The Hall–Kier alpha value is -2.83. The van der Waals surface area contributed by atoms with Gasteiger partial charge in [-0.15, -0.1) is 23.1 Å². The number of carboxylic acid groups (broad SMARTS) is 1. The van der Waals surface area contributed by atoms with Crippen LogP contribution in [-0.2, 0) is 36.8 Å². The van der Waals surface area contributed by atoms with Gasteiger partial charge >= 0.3 is 11.9 Å². The van der Waals surface area contributed by atoms with Crippen LogP contribution < -0.4 is 5.32 Å². The number of aliphatic carboxylic acids is 1. The van der Waals surface area contributed by atoms with Crippen LogP contribution in [0.15, 0.2) is 50.7 Å². The molecule has 0 bridgehead atoms. The molecule has 1 saturated heterocycles. The van der Waals surface area contributed by atoms with Gasteiger partial charge in [-0.3, -0.25) is 19.3 Å². The van der Waals surface area contributed by atoms with E-state index in [4.69, 9.17) is 0 Å². The Balaban J connectivity index is 1.42. The predicted molar refractivity (Wildman–Crippen MR) is 128 cm³/mol. The van der Waals surface area contributed by atoms with Crippen molar-refractivity contribution in [3.05, 3.63) is 57.6 Å². The number of methoxy groups -OCH3 is 1. The third-order valence-electron chi connectivity index (χ3n) is 5.21. The van der Waals surface area contributed by atoms with Crippen LogP contribution in [0.1, 0.15) is 17.7 Å². The fraction of sp³-hybridized carbons (Fsp3) is 0.318. The number of thioether (sulfide) groups is 2. The van der Waals surface area contributed by atoms with Crippen LogP contribution in [0.2, 0.25) is 0 Å². The second-order valence-electron chi connectivity index (χ2n) is 7.48. The molecule has 9 nitrogen and oxygen atoms in total. The Labute approximate surface area is 208 Å². The number of amides is 2. The van der Waals surface area contributed by atoms with Crippen molar-refractivity contribution in [1.29, 1.82) is 0 Å². The molecule has 0 unspecified atom stereocenters. The van der Waals surface area contributed by atoms with Gasteiger partial charge in [-0.1, -0.05) is 42.1 Å². The van der Waals surface area contributed by atoms with Crippen LogP contribution in [0.3, 0.4) is 0 Å². The van der Waals surface area contributed by atoms with E-state index in [-0.39, 0.29) is 30.4 Å². The summed E-state index contributed by atoms with van der Waals surface area (Å²) in [5.41, 5.74) is 1.48. The number of rotatable bonds is 9. The number of thiazole rings is 1. The number of hydrogen-bond acceptors (Lipinski definition) is 9. The number of nitrogens with one attached hydrogen (secondary N) is 1. The van der Waals surface area contributed by atoms with Crippen molar-refractivity contribution in [2.75, 3.05) is 12.9 Å². The number of aromatic nitrogens is 1. The third-order valence-corrected chi connectivity index (χ3v) is 8.75. The van der Waals surface area contributed by atoms with E-state index in [1.807, 2.05) is 35.7 Å². The molecule has 0 aliphatic carbocycles. The lowest BCUT2D eigenvalue weighted by atomic mass is 10.0. The van der Waals surface area contributed by atoms with Crippen molar-refractivity contribution in [2.45, 2.75) is 35.0 Å². The lowest BCUT2D eigenvalue weighted by Gasteiger charge is -2.49. The summed E-state index contributed by atoms with van der Waals surface area (Å²) in [5, 5.41) is 13.9. The molecule has 2 aromatic rings. The minimum atomic E-state index is -1.20. The zero-order chi connectivity index (χ0) is 24.2. The highest BCUT2D eigenvalue weighted by molar-refractivity contribution is 8.07. The molecule has 2 atom stereocenters. The molecule has 2 aliphatic heterocycles. The minimum absolute atomic E-state index is 0.0707. The Kier molecular flexibility index (Phi) is 7.59. The summed E-state index contributed by atoms with van der Waals surface area (Å²) in [6, 6.07) is 8.44. The van der Waals surface area contributed by atoms with E-state index >= 15 is 0 Å². The van der Waals surface area contributed by atoms with Crippen LogP contribution in [0.5, 0.6) is 0 Å². The maximum Gasteiger partial charge on any atom is 0.353 e. The van der Waals surface area contributed by atoms with Gasteiger partial charge in [0.2, 0.25) is 5.91 Å². The molecule has 0 saturated carbocycles. The highest BCUT2D eigenvalue weighted by atomic mass is 32.2. The SMILES string of the molecule is COC(=O)CCc1csc(SC2=C(C(=O)O)N3C(=O)[C@@H](NC(=O)Cc4ccccc4)[C@@H]3SC2)n1. The van der Waals surface area contributed by atoms with Gasteiger partial charge in [-0.25, -0.2) is 9.78 Å². The summed E-state index contributed by atoms with van der Waals surface area (Å²) in [6.45, 7) is 0. The molecule has 2 N–H and O–H groups in total. The van der Waals surface area contributed by atoms with Crippen molar-refractivity contribution >= 4 is 58.6 Å². The fourth-order valence-corrected chi connectivity index (χ4v) is 7.07. The average Bonchev–Trinajstić information content (AvgIpc) is 3.28. The van der Waals surface area contributed by atoms with Gasteiger partial charge in [0.1, 0.15) is 17.1 Å². The number of fused-ring (bicyclic) bond motifs is 1. The van der Waals surface area contributed by atoms with Gasteiger partial charge in [-0.2, -0.15) is 0 Å². The Bertz CT molecular complexity index is 1150. The second kappa shape index (κ2) is 10.6. The van der Waals surface area contributed by atoms with E-state index in [9.17, 15) is 24.3 Å². The van der Waals surface area contributed by atoms with Crippen LogP contribution in [-0.4, -0.2) is 63.0 Å². The normalized spacial score (nSPS) is 19.3. The summed E-state index contributed by atoms with van der Waals surface area (Å²) in [5.74, 6) is -1.87. The number of benzene rings is 1. The summed E-state index contributed by atoms with van der Waals surface area (Å²) < 4.78 is 5.27. The number of hydrogen-bond donors (Lipinski definition) is 2. The second-order valence-corrected chi connectivity index (χ2v) is 10.8. The molecular weight excluding hydrogens is 498 g/mol. The first kappa shape index (κ1) is 24.3. The Morgan fingerprint density at radius 1 is 1.29 bits per heavy atom. The van der Waals surface area contributed by atoms with E-state index in [0.717, 1.165) is 11.3 Å². The summed E-state index contributed by atoms with van der Waals surface area (Å²) in [4.78, 5) is 54.8. The molecule has 3 heterocycles. The van der Waals surface area contributed by atoms with Crippen molar-refractivity contribution in [1.82, 2.24) is 15.2 Å². The maximum absolute atomic E-state index is 12.8. The van der Waals surface area contributed by atoms with E-state index in [0.29, 0.717) is 21.4 Å². The van der Waals surface area contributed by atoms with E-state index in [1.165, 1.54) is 46.9 Å². The molecule has 34 heavy (non-hydrogen) atoms. The number of aryl methyl sites for hydroxylation is 1. The van der Waals surface area contributed by atoms with Crippen LogP contribution in [0.4, 0.5) is 0 Å². The first-order valence-corrected chi connectivity index (χ1v) is 13.1. The van der Waals surface area contributed by atoms with E-state index in [1.54, 1.807) is 0 Å². The molecule has 178 valence electrons.